The van der Waals surface area contributed by atoms with Gasteiger partial charge in [0, 0.05) is 5.41 Å². The zero-order chi connectivity index (χ0) is 15.1. The minimum Gasteiger partial charge on any atom is -0.226 e. The average Bonchev–Trinajstić information content (AvgIpc) is 2.61. The van der Waals surface area contributed by atoms with Gasteiger partial charge in [0.15, 0.2) is 0 Å². The molecule has 0 amide bonds. The van der Waals surface area contributed by atoms with Crippen LogP contribution in [-0.4, -0.2) is 18.8 Å². The van der Waals surface area contributed by atoms with Crippen molar-refractivity contribution >= 4 is 28.3 Å². The van der Waals surface area contributed by atoms with Gasteiger partial charge in [0.25, 0.3) is 0 Å². The molecule has 1 aromatic rings. The van der Waals surface area contributed by atoms with E-state index in [1.807, 2.05) is 6.08 Å². The van der Waals surface area contributed by atoms with Crippen molar-refractivity contribution in [3.05, 3.63) is 51.9 Å². The molecular weight excluding hydrogens is 260 g/mol. The number of hydrogen-bond donors (Lipinski definition) is 0. The maximum atomic E-state index is 4.03. The van der Waals surface area contributed by atoms with Crippen LogP contribution in [0.1, 0.15) is 43.0 Å². The molecule has 20 heavy (non-hydrogen) atoms. The predicted octanol–water partition coefficient (Wildman–Crippen LogP) is 5.69. The molecular formula is C19H26S. The molecule has 0 heterocycles. The number of rotatable bonds is 3. The summed E-state index contributed by atoms with van der Waals surface area (Å²) in [5, 5.41) is 0. The van der Waals surface area contributed by atoms with Crippen molar-refractivity contribution < 1.29 is 0 Å². The fourth-order valence-electron chi connectivity index (χ4n) is 3.29. The molecule has 2 rings (SSSR count). The largest absolute Gasteiger partial charge is 0.226 e. The summed E-state index contributed by atoms with van der Waals surface area (Å²) in [6, 6.07) is 4.53. The quantitative estimate of drug-likeness (QED) is 0.669. The van der Waals surface area contributed by atoms with Crippen molar-refractivity contribution in [1.82, 2.24) is 0 Å². The van der Waals surface area contributed by atoms with E-state index in [-0.39, 0.29) is 5.41 Å². The van der Waals surface area contributed by atoms with Crippen LogP contribution in [0.2, 0.25) is 0 Å². The molecule has 1 aliphatic carbocycles. The fraction of sp³-hybridized carbons (Fsp3) is 0.368. The molecule has 0 fully saturated rings. The molecule has 0 spiro atoms. The Labute approximate surface area is 125 Å². The molecule has 0 nitrogen and oxygen atoms in total. The minimum absolute atomic E-state index is 0.134. The lowest BCUT2D eigenvalue weighted by atomic mass is 9.84. The molecule has 1 aliphatic rings. The summed E-state index contributed by atoms with van der Waals surface area (Å²) < 4.78 is 0. The number of benzene rings is 1. The summed E-state index contributed by atoms with van der Waals surface area (Å²) in [5.74, 6) is 0. The summed E-state index contributed by atoms with van der Waals surface area (Å²) in [5.41, 5.74) is 5.48. The predicted molar refractivity (Wildman–Crippen MR) is 97.6 cm³/mol. The van der Waals surface area contributed by atoms with Crippen LogP contribution in [0, 0.1) is 0 Å². The van der Waals surface area contributed by atoms with E-state index in [0.29, 0.717) is 0 Å². The van der Waals surface area contributed by atoms with Crippen LogP contribution in [0.3, 0.4) is 0 Å². The summed E-state index contributed by atoms with van der Waals surface area (Å²) in [4.78, 5) is 1.58. The van der Waals surface area contributed by atoms with Gasteiger partial charge >= 0.3 is 0 Å². The van der Waals surface area contributed by atoms with E-state index in [0.717, 1.165) is 0 Å². The average molecular weight is 286 g/mol. The molecule has 0 aromatic heterocycles. The zero-order valence-electron chi connectivity index (χ0n) is 13.6. The monoisotopic (exact) mass is 286 g/mol. The Morgan fingerprint density at radius 2 is 1.80 bits per heavy atom. The second-order valence-electron chi connectivity index (χ2n) is 6.70. The molecule has 0 saturated carbocycles. The van der Waals surface area contributed by atoms with Crippen molar-refractivity contribution in [2.75, 3.05) is 18.8 Å². The van der Waals surface area contributed by atoms with Crippen molar-refractivity contribution in [3.8, 4) is 0 Å². The smallest absolute Gasteiger partial charge is 0.0197 e. The topological polar surface area (TPSA) is 0 Å². The van der Waals surface area contributed by atoms with E-state index in [9.17, 15) is 0 Å². The molecule has 1 aromatic carbocycles. The highest BCUT2D eigenvalue weighted by Gasteiger charge is 2.37. The highest BCUT2D eigenvalue weighted by molar-refractivity contribution is 8.35. The Bertz CT molecular complexity index is 607. The van der Waals surface area contributed by atoms with Crippen LogP contribution < -0.4 is 0 Å². The Hall–Kier alpha value is -1.21. The van der Waals surface area contributed by atoms with Crippen molar-refractivity contribution in [2.24, 2.45) is 0 Å². The summed E-state index contributed by atoms with van der Waals surface area (Å²) in [7, 11) is -0.719. The van der Waals surface area contributed by atoms with Crippen molar-refractivity contribution in [3.63, 3.8) is 0 Å². The first-order chi connectivity index (χ1) is 9.23. The van der Waals surface area contributed by atoms with Crippen LogP contribution in [0.5, 0.6) is 0 Å². The highest BCUT2D eigenvalue weighted by Crippen LogP contribution is 2.59. The maximum absolute atomic E-state index is 4.03. The standard InChI is InChI=1S/C19H26S/c1-8-10-14-11-12-17-16(15(14)9-2)13-18(19(17,3)4)20(5,6)7/h8-13H,2H2,1,3-7H3/b10-8+. The van der Waals surface area contributed by atoms with Crippen LogP contribution in [0.4, 0.5) is 0 Å². The lowest BCUT2D eigenvalue weighted by molar-refractivity contribution is 0.670. The van der Waals surface area contributed by atoms with Gasteiger partial charge in [0.1, 0.15) is 0 Å². The third kappa shape index (κ3) is 2.29. The summed E-state index contributed by atoms with van der Waals surface area (Å²) >= 11 is 0. The van der Waals surface area contributed by atoms with Gasteiger partial charge in [0.2, 0.25) is 0 Å². The van der Waals surface area contributed by atoms with E-state index in [1.165, 1.54) is 22.3 Å². The molecule has 0 bridgehead atoms. The second kappa shape index (κ2) is 4.96. The Morgan fingerprint density at radius 3 is 2.30 bits per heavy atom. The molecule has 0 unspecified atom stereocenters. The molecule has 0 atom stereocenters. The van der Waals surface area contributed by atoms with Gasteiger partial charge in [-0.25, -0.2) is 10.0 Å². The minimum atomic E-state index is -0.719. The molecule has 0 N–H and O–H groups in total. The van der Waals surface area contributed by atoms with E-state index in [4.69, 9.17) is 0 Å². The van der Waals surface area contributed by atoms with Gasteiger partial charge in [-0.05, 0) is 58.9 Å². The number of hydrogen-bond acceptors (Lipinski definition) is 0. The Morgan fingerprint density at radius 1 is 1.15 bits per heavy atom. The molecule has 0 saturated heterocycles. The second-order valence-corrected chi connectivity index (χ2v) is 10.8. The maximum Gasteiger partial charge on any atom is 0.0197 e. The van der Waals surface area contributed by atoms with Gasteiger partial charge in [-0.2, -0.15) is 0 Å². The van der Waals surface area contributed by atoms with Gasteiger partial charge in [-0.1, -0.05) is 50.8 Å². The van der Waals surface area contributed by atoms with Gasteiger partial charge in [0.05, 0.1) is 0 Å². The molecule has 0 aliphatic heterocycles. The van der Waals surface area contributed by atoms with Crippen molar-refractivity contribution in [1.29, 1.82) is 0 Å². The fourth-order valence-corrected chi connectivity index (χ4v) is 5.41. The third-order valence-corrected chi connectivity index (χ3v) is 6.04. The molecule has 0 radical (unpaired) electrons. The first-order valence-corrected chi connectivity index (χ1v) is 9.92. The summed E-state index contributed by atoms with van der Waals surface area (Å²) in [6.45, 7) is 10.8. The molecule has 1 heteroatoms. The first-order valence-electron chi connectivity index (χ1n) is 7.06. The normalized spacial score (nSPS) is 18.0. The SMILES string of the molecule is C=Cc1c(/C=C/C)ccc2c1C=C(S(C)(C)C)C2(C)C. The zero-order valence-corrected chi connectivity index (χ0v) is 14.4. The lowest BCUT2D eigenvalue weighted by Gasteiger charge is -2.37. The van der Waals surface area contributed by atoms with E-state index in [2.05, 4.69) is 76.5 Å². The van der Waals surface area contributed by atoms with Crippen LogP contribution >= 0.6 is 10.0 Å². The van der Waals surface area contributed by atoms with Crippen LogP contribution in [0.25, 0.3) is 18.2 Å². The Balaban J connectivity index is 2.74. The van der Waals surface area contributed by atoms with Gasteiger partial charge < -0.3 is 0 Å². The third-order valence-electron chi connectivity index (χ3n) is 4.10. The van der Waals surface area contributed by atoms with E-state index >= 15 is 0 Å². The van der Waals surface area contributed by atoms with Gasteiger partial charge in [-0.15, -0.1) is 0 Å². The first kappa shape index (κ1) is 15.2. The highest BCUT2D eigenvalue weighted by atomic mass is 32.3. The van der Waals surface area contributed by atoms with Gasteiger partial charge in [-0.3, -0.25) is 0 Å². The summed E-state index contributed by atoms with van der Waals surface area (Å²) in [6.07, 6.45) is 15.8. The molecule has 108 valence electrons. The van der Waals surface area contributed by atoms with Crippen molar-refractivity contribution in [2.45, 2.75) is 26.2 Å². The lowest BCUT2D eigenvalue weighted by Crippen LogP contribution is -2.20. The Kier molecular flexibility index (Phi) is 3.77. The van der Waals surface area contributed by atoms with E-state index in [1.54, 1.807) is 4.91 Å². The van der Waals surface area contributed by atoms with E-state index < -0.39 is 10.0 Å². The number of fused-ring (bicyclic) bond motifs is 1. The van der Waals surface area contributed by atoms with Crippen LogP contribution in [0.15, 0.2) is 29.7 Å². The van der Waals surface area contributed by atoms with Crippen LogP contribution in [-0.2, 0) is 5.41 Å². The number of allylic oxidation sites excluding steroid dienone is 2.